The van der Waals surface area contributed by atoms with E-state index < -0.39 is 18.0 Å². The van der Waals surface area contributed by atoms with Crippen LogP contribution in [0.3, 0.4) is 0 Å². The van der Waals surface area contributed by atoms with Crippen LogP contribution in [0.2, 0.25) is 0 Å². The van der Waals surface area contributed by atoms with Crippen LogP contribution < -0.4 is 5.73 Å². The Labute approximate surface area is 70.2 Å². The highest BCUT2D eigenvalue weighted by molar-refractivity contribution is 5.67. The van der Waals surface area contributed by atoms with Crippen LogP contribution in [-0.4, -0.2) is 28.2 Å². The molecule has 0 rings (SSSR count). The van der Waals surface area contributed by atoms with E-state index in [2.05, 4.69) is 0 Å². The standard InChI is InChI=1S/C7H13NO4/c8-5(4-7(11)12)2-1-3-6(9)10/h5H,1-4,8H2,(H,9,10)(H,11,12)/t5-/m1/s1. The third kappa shape index (κ3) is 7.01. The lowest BCUT2D eigenvalue weighted by molar-refractivity contribution is -0.137. The van der Waals surface area contributed by atoms with Gasteiger partial charge in [-0.15, -0.1) is 0 Å². The molecule has 5 nitrogen and oxygen atoms in total. The first-order valence-electron chi connectivity index (χ1n) is 3.71. The minimum atomic E-state index is -0.946. The molecule has 0 heterocycles. The number of carboxylic acid groups (broad SMARTS) is 2. The number of hydrogen-bond acceptors (Lipinski definition) is 3. The molecule has 0 aromatic heterocycles. The van der Waals surface area contributed by atoms with Gasteiger partial charge in [-0.25, -0.2) is 0 Å². The summed E-state index contributed by atoms with van der Waals surface area (Å²) in [4.78, 5) is 20.2. The highest BCUT2D eigenvalue weighted by Gasteiger charge is 2.08. The van der Waals surface area contributed by atoms with Gasteiger partial charge in [0.2, 0.25) is 0 Å². The van der Waals surface area contributed by atoms with Crippen LogP contribution in [0.25, 0.3) is 0 Å². The summed E-state index contributed by atoms with van der Waals surface area (Å²) in [7, 11) is 0. The van der Waals surface area contributed by atoms with Gasteiger partial charge in [-0.2, -0.15) is 0 Å². The fourth-order valence-electron chi connectivity index (χ4n) is 0.842. The second kappa shape index (κ2) is 5.54. The molecule has 0 spiro atoms. The van der Waals surface area contributed by atoms with Crippen LogP contribution in [0.15, 0.2) is 0 Å². The molecule has 0 aliphatic heterocycles. The van der Waals surface area contributed by atoms with Gasteiger partial charge in [0.15, 0.2) is 0 Å². The molecule has 0 fully saturated rings. The van der Waals surface area contributed by atoms with E-state index in [0.717, 1.165) is 0 Å². The summed E-state index contributed by atoms with van der Waals surface area (Å²) in [5.41, 5.74) is 5.39. The molecule has 0 amide bonds. The van der Waals surface area contributed by atoms with E-state index in [9.17, 15) is 9.59 Å². The Morgan fingerprint density at radius 3 is 2.25 bits per heavy atom. The number of rotatable bonds is 6. The molecule has 0 radical (unpaired) electrons. The van der Waals surface area contributed by atoms with Crippen molar-refractivity contribution in [2.24, 2.45) is 5.73 Å². The SMILES string of the molecule is N[C@H](CCCC(=O)O)CC(=O)O. The Morgan fingerprint density at radius 2 is 1.83 bits per heavy atom. The summed E-state index contributed by atoms with van der Waals surface area (Å²) < 4.78 is 0. The van der Waals surface area contributed by atoms with Crippen LogP contribution in [0, 0.1) is 0 Å². The highest BCUT2D eigenvalue weighted by Crippen LogP contribution is 2.01. The van der Waals surface area contributed by atoms with E-state index in [-0.39, 0.29) is 12.8 Å². The van der Waals surface area contributed by atoms with Crippen molar-refractivity contribution < 1.29 is 19.8 Å². The van der Waals surface area contributed by atoms with Gasteiger partial charge in [0, 0.05) is 12.5 Å². The molecular formula is C7H13NO4. The first-order chi connectivity index (χ1) is 5.52. The number of nitrogens with two attached hydrogens (primary N) is 1. The molecule has 0 aromatic rings. The van der Waals surface area contributed by atoms with Crippen LogP contribution in [0.4, 0.5) is 0 Å². The van der Waals surface area contributed by atoms with E-state index in [1.807, 2.05) is 0 Å². The Morgan fingerprint density at radius 1 is 1.25 bits per heavy atom. The summed E-state index contributed by atoms with van der Waals surface area (Å²) in [5, 5.41) is 16.5. The zero-order valence-electron chi connectivity index (χ0n) is 6.69. The smallest absolute Gasteiger partial charge is 0.304 e. The van der Waals surface area contributed by atoms with Crippen molar-refractivity contribution in [3.05, 3.63) is 0 Å². The monoisotopic (exact) mass is 175 g/mol. The molecule has 0 unspecified atom stereocenters. The zero-order chi connectivity index (χ0) is 9.56. The molecule has 4 N–H and O–H groups in total. The Kier molecular flexibility index (Phi) is 5.03. The van der Waals surface area contributed by atoms with E-state index in [4.69, 9.17) is 15.9 Å². The molecule has 0 saturated heterocycles. The summed E-state index contributed by atoms with van der Waals surface area (Å²) in [6, 6.07) is -0.429. The van der Waals surface area contributed by atoms with Crippen LogP contribution in [0.5, 0.6) is 0 Å². The quantitative estimate of drug-likeness (QED) is 0.529. The fourth-order valence-corrected chi connectivity index (χ4v) is 0.842. The average molecular weight is 175 g/mol. The first-order valence-corrected chi connectivity index (χ1v) is 3.71. The Hall–Kier alpha value is -1.10. The minimum absolute atomic E-state index is 0.0489. The maximum atomic E-state index is 10.1. The van der Waals surface area contributed by atoms with E-state index >= 15 is 0 Å². The lowest BCUT2D eigenvalue weighted by atomic mass is 10.1. The normalized spacial score (nSPS) is 12.4. The van der Waals surface area contributed by atoms with Crippen molar-refractivity contribution in [1.29, 1.82) is 0 Å². The predicted molar refractivity (Wildman–Crippen MR) is 41.7 cm³/mol. The lowest BCUT2D eigenvalue weighted by Gasteiger charge is -2.06. The van der Waals surface area contributed by atoms with Gasteiger partial charge in [0.25, 0.3) is 0 Å². The van der Waals surface area contributed by atoms with Crippen molar-refractivity contribution in [2.45, 2.75) is 31.7 Å². The van der Waals surface area contributed by atoms with Gasteiger partial charge in [-0.1, -0.05) is 0 Å². The van der Waals surface area contributed by atoms with Crippen molar-refractivity contribution in [1.82, 2.24) is 0 Å². The van der Waals surface area contributed by atoms with Gasteiger partial charge in [-0.3, -0.25) is 9.59 Å². The zero-order valence-corrected chi connectivity index (χ0v) is 6.69. The summed E-state index contributed by atoms with van der Waals surface area (Å²) >= 11 is 0. The van der Waals surface area contributed by atoms with Crippen LogP contribution in [0.1, 0.15) is 25.7 Å². The van der Waals surface area contributed by atoms with Crippen molar-refractivity contribution in [2.75, 3.05) is 0 Å². The van der Waals surface area contributed by atoms with E-state index in [0.29, 0.717) is 12.8 Å². The average Bonchev–Trinajstić information content (AvgIpc) is 1.84. The van der Waals surface area contributed by atoms with E-state index in [1.165, 1.54) is 0 Å². The molecule has 70 valence electrons. The molecular weight excluding hydrogens is 162 g/mol. The molecule has 5 heteroatoms. The second-order valence-electron chi connectivity index (χ2n) is 2.64. The fraction of sp³-hybridized carbons (Fsp3) is 0.714. The van der Waals surface area contributed by atoms with Crippen molar-refractivity contribution in [3.63, 3.8) is 0 Å². The number of aliphatic carboxylic acids is 2. The first kappa shape index (κ1) is 10.9. The van der Waals surface area contributed by atoms with Gasteiger partial charge in [-0.05, 0) is 12.8 Å². The summed E-state index contributed by atoms with van der Waals surface area (Å²) in [6.45, 7) is 0. The third-order valence-corrected chi connectivity index (χ3v) is 1.40. The summed E-state index contributed by atoms with van der Waals surface area (Å²) in [6.07, 6.45) is 0.829. The van der Waals surface area contributed by atoms with E-state index in [1.54, 1.807) is 0 Å². The molecule has 0 aliphatic carbocycles. The van der Waals surface area contributed by atoms with Crippen molar-refractivity contribution >= 4 is 11.9 Å². The van der Waals surface area contributed by atoms with Gasteiger partial charge in [0.05, 0.1) is 6.42 Å². The molecule has 0 aromatic carbocycles. The number of carbonyl (C=O) groups is 2. The third-order valence-electron chi connectivity index (χ3n) is 1.40. The summed E-state index contributed by atoms with van der Waals surface area (Å²) in [5.74, 6) is -1.82. The molecule has 0 saturated carbocycles. The largest absolute Gasteiger partial charge is 0.481 e. The number of hydrogen-bond donors (Lipinski definition) is 3. The maximum Gasteiger partial charge on any atom is 0.304 e. The Bertz CT molecular complexity index is 169. The van der Waals surface area contributed by atoms with Crippen molar-refractivity contribution in [3.8, 4) is 0 Å². The maximum absolute atomic E-state index is 10.1. The predicted octanol–water partition coefficient (Wildman–Crippen LogP) is 0.0433. The Balaban J connectivity index is 3.37. The minimum Gasteiger partial charge on any atom is -0.481 e. The molecule has 0 bridgehead atoms. The van der Waals surface area contributed by atoms with Gasteiger partial charge < -0.3 is 15.9 Å². The number of carboxylic acids is 2. The molecule has 0 aliphatic rings. The van der Waals surface area contributed by atoms with Crippen LogP contribution in [-0.2, 0) is 9.59 Å². The van der Waals surface area contributed by atoms with Gasteiger partial charge >= 0.3 is 11.9 Å². The van der Waals surface area contributed by atoms with Crippen LogP contribution >= 0.6 is 0 Å². The topological polar surface area (TPSA) is 101 Å². The molecule has 12 heavy (non-hydrogen) atoms. The molecule has 1 atom stereocenters. The second-order valence-corrected chi connectivity index (χ2v) is 2.64. The highest BCUT2D eigenvalue weighted by atomic mass is 16.4. The van der Waals surface area contributed by atoms with Gasteiger partial charge in [0.1, 0.15) is 0 Å². The lowest BCUT2D eigenvalue weighted by Crippen LogP contribution is -2.23.